The van der Waals surface area contributed by atoms with E-state index in [-0.39, 0.29) is 25.7 Å². The summed E-state index contributed by atoms with van der Waals surface area (Å²) in [6.07, 6.45) is 76.6. The molecule has 0 radical (unpaired) electrons. The first-order valence-electron chi connectivity index (χ1n) is 37.8. The van der Waals surface area contributed by atoms with E-state index in [0.29, 0.717) is 25.7 Å². The van der Waals surface area contributed by atoms with Crippen molar-refractivity contribution in [3.05, 3.63) is 122 Å². The molecule has 0 amide bonds. The molecule has 0 aliphatic rings. The van der Waals surface area contributed by atoms with Crippen LogP contribution in [0.25, 0.3) is 0 Å². The van der Waals surface area contributed by atoms with Crippen molar-refractivity contribution in [2.24, 2.45) is 0 Å². The topological polar surface area (TPSA) is 237 Å². The molecule has 0 rings (SSSR count). The Bertz CT molecular complexity index is 2340. The monoisotopic (exact) mass is 1420 g/mol. The van der Waals surface area contributed by atoms with Gasteiger partial charge < -0.3 is 33.8 Å². The van der Waals surface area contributed by atoms with E-state index in [1.54, 1.807) is 6.08 Å². The van der Waals surface area contributed by atoms with Crippen molar-refractivity contribution in [3.63, 3.8) is 0 Å². The summed E-state index contributed by atoms with van der Waals surface area (Å²) in [5, 5.41) is 10.6. The van der Waals surface area contributed by atoms with Crippen molar-refractivity contribution in [2.75, 3.05) is 39.6 Å². The van der Waals surface area contributed by atoms with Crippen molar-refractivity contribution in [1.29, 1.82) is 0 Å². The number of carbonyl (C=O) groups excluding carboxylic acids is 4. The van der Waals surface area contributed by atoms with Crippen LogP contribution in [0.3, 0.4) is 0 Å². The molecular weight excluding hydrogens is 1280 g/mol. The zero-order valence-electron chi connectivity index (χ0n) is 61.2. The fourth-order valence-electron chi connectivity index (χ4n) is 9.69. The minimum atomic E-state index is -4.99. The highest BCUT2D eigenvalue weighted by atomic mass is 31.2. The van der Waals surface area contributed by atoms with Crippen molar-refractivity contribution < 1.29 is 80.2 Å². The van der Waals surface area contributed by atoms with Gasteiger partial charge in [-0.15, -0.1) is 0 Å². The Morgan fingerprint density at radius 1 is 0.306 bits per heavy atom. The summed E-state index contributed by atoms with van der Waals surface area (Å²) in [5.41, 5.74) is 0. The number of allylic oxidation sites excluding steroid dienone is 19. The van der Waals surface area contributed by atoms with Gasteiger partial charge in [0.15, 0.2) is 12.2 Å². The van der Waals surface area contributed by atoms with Gasteiger partial charge in [0, 0.05) is 19.3 Å². The first-order valence-corrected chi connectivity index (χ1v) is 40.8. The summed E-state index contributed by atoms with van der Waals surface area (Å²) in [4.78, 5) is 72.7. The van der Waals surface area contributed by atoms with Gasteiger partial charge in [0.05, 0.1) is 32.8 Å². The number of phosphoric acid groups is 2. The van der Waals surface area contributed by atoms with Crippen LogP contribution < -0.4 is 0 Å². The van der Waals surface area contributed by atoms with Crippen molar-refractivity contribution >= 4 is 39.5 Å². The number of carbonyl (C=O) groups is 4. The molecule has 0 saturated heterocycles. The van der Waals surface area contributed by atoms with Crippen molar-refractivity contribution in [3.8, 4) is 0 Å². The highest BCUT2D eigenvalue weighted by Crippen LogP contribution is 2.45. The maximum atomic E-state index is 13.1. The van der Waals surface area contributed by atoms with Crippen LogP contribution in [0.5, 0.6) is 0 Å². The third kappa shape index (κ3) is 69.9. The molecule has 0 fully saturated rings. The van der Waals surface area contributed by atoms with Gasteiger partial charge >= 0.3 is 39.5 Å². The standard InChI is InChI=1S/C79H134O17P2/c1-5-9-13-17-21-25-29-32-35-36-39-41-45-48-52-56-60-64-77(82)90-70-75(96-79(84)66-62-58-54-50-46-42-38-34-31-27-23-19-15-11-7-3)72-94-98(87,88)92-68-73(80)67-91-97(85,86)93-71-74(95-78(83)65-61-57-53-49-43-28-24-20-16-12-8-4)69-89-76(81)63-59-55-51-47-44-40-37-33-30-26-22-18-14-10-6-2/h9-10,13-14,20-22,24-26,32-35,37-38,44,47,55,59,73-75,80H,5-8,11-12,15-19,23,27-31,36,39-43,45-46,48-54,56-58,60-72H2,1-4H3,(H,85,86)(H,87,88)/b13-9-,14-10-,24-20-,25-21-,26-22-,35-32-,37-33-,38-34-,47-44-,59-55-. The second-order valence-electron chi connectivity index (χ2n) is 24.8. The average molecular weight is 1420 g/mol. The Hall–Kier alpha value is -4.54. The maximum Gasteiger partial charge on any atom is 0.472 e. The van der Waals surface area contributed by atoms with Crippen LogP contribution in [0.2, 0.25) is 0 Å². The Morgan fingerprint density at radius 2 is 0.582 bits per heavy atom. The minimum Gasteiger partial charge on any atom is -0.462 e. The summed E-state index contributed by atoms with van der Waals surface area (Å²) in [5.74, 6) is -2.35. The molecule has 0 aliphatic carbocycles. The van der Waals surface area contributed by atoms with Gasteiger partial charge in [-0.2, -0.15) is 0 Å². The third-order valence-corrected chi connectivity index (χ3v) is 17.3. The molecule has 3 N–H and O–H groups in total. The SMILES string of the molecule is CC/C=C\C/C=C\C/C=C\C/C=C\C/C=C\CC(=O)OCC(COP(=O)(O)OCC(O)COP(=O)(O)OCC(COC(=O)CCCCCCCCC/C=C\C/C=C\C/C=C\CC)OC(=O)CCCCCCC/C=C\CCCCCCCC)OC(=O)CCCCCCC/C=C\CCCC. The first kappa shape index (κ1) is 93.5. The van der Waals surface area contributed by atoms with E-state index in [1.165, 1.54) is 51.4 Å². The molecule has 0 spiro atoms. The number of aliphatic hydroxyl groups is 1. The first-order chi connectivity index (χ1) is 47.7. The molecule has 5 atom stereocenters. The highest BCUT2D eigenvalue weighted by molar-refractivity contribution is 7.47. The molecule has 0 aliphatic heterocycles. The van der Waals surface area contributed by atoms with Crippen LogP contribution in [0, 0.1) is 0 Å². The van der Waals surface area contributed by atoms with Crippen molar-refractivity contribution in [1.82, 2.24) is 0 Å². The summed E-state index contributed by atoms with van der Waals surface area (Å²) < 4.78 is 68.3. The number of aliphatic hydroxyl groups excluding tert-OH is 1. The number of hydrogen-bond donors (Lipinski definition) is 3. The zero-order valence-corrected chi connectivity index (χ0v) is 63.0. The lowest BCUT2D eigenvalue weighted by Gasteiger charge is -2.21. The van der Waals surface area contributed by atoms with E-state index < -0.39 is 97.5 Å². The maximum absolute atomic E-state index is 13.1. The summed E-state index contributed by atoms with van der Waals surface area (Å²) >= 11 is 0. The molecule has 0 aromatic carbocycles. The van der Waals surface area contributed by atoms with E-state index in [1.807, 2.05) is 18.2 Å². The normalized spacial score (nSPS) is 14.6. The fourth-order valence-corrected chi connectivity index (χ4v) is 11.3. The van der Waals surface area contributed by atoms with E-state index in [4.69, 9.17) is 37.0 Å². The quantitative estimate of drug-likeness (QED) is 0.0169. The van der Waals surface area contributed by atoms with Crippen molar-refractivity contribution in [2.45, 2.75) is 316 Å². The Morgan fingerprint density at radius 3 is 0.949 bits per heavy atom. The molecule has 5 unspecified atom stereocenters. The second-order valence-corrected chi connectivity index (χ2v) is 27.7. The molecular formula is C79H134O17P2. The van der Waals surface area contributed by atoms with E-state index in [0.717, 1.165) is 167 Å². The van der Waals surface area contributed by atoms with Gasteiger partial charge in [-0.05, 0) is 128 Å². The van der Waals surface area contributed by atoms with Crippen LogP contribution >= 0.6 is 15.6 Å². The highest BCUT2D eigenvalue weighted by Gasteiger charge is 2.30. The van der Waals surface area contributed by atoms with Gasteiger partial charge in [0.25, 0.3) is 0 Å². The number of phosphoric ester groups is 2. The molecule has 562 valence electrons. The lowest BCUT2D eigenvalue weighted by atomic mass is 10.1. The van der Waals surface area contributed by atoms with Crippen LogP contribution in [-0.2, 0) is 65.4 Å². The van der Waals surface area contributed by atoms with Gasteiger partial charge in [0.2, 0.25) is 0 Å². The third-order valence-electron chi connectivity index (χ3n) is 15.4. The molecule has 0 aromatic heterocycles. The van der Waals surface area contributed by atoms with E-state index in [9.17, 15) is 43.2 Å². The lowest BCUT2D eigenvalue weighted by molar-refractivity contribution is -0.161. The van der Waals surface area contributed by atoms with Crippen LogP contribution in [0.1, 0.15) is 297 Å². The molecule has 98 heavy (non-hydrogen) atoms. The fraction of sp³-hybridized carbons (Fsp3) is 0.696. The zero-order chi connectivity index (χ0) is 71.8. The number of ether oxygens (including phenoxy) is 4. The lowest BCUT2D eigenvalue weighted by Crippen LogP contribution is -2.30. The molecule has 0 heterocycles. The van der Waals surface area contributed by atoms with Gasteiger partial charge in [-0.1, -0.05) is 265 Å². The molecule has 17 nitrogen and oxygen atoms in total. The second kappa shape index (κ2) is 70.9. The molecule has 0 aromatic rings. The van der Waals surface area contributed by atoms with Gasteiger partial charge in [0.1, 0.15) is 19.3 Å². The summed E-state index contributed by atoms with van der Waals surface area (Å²) in [7, 11) is -9.98. The predicted molar refractivity (Wildman–Crippen MR) is 399 cm³/mol. The van der Waals surface area contributed by atoms with Crippen LogP contribution in [-0.4, -0.2) is 96.7 Å². The van der Waals surface area contributed by atoms with Crippen LogP contribution in [0.4, 0.5) is 0 Å². The Balaban J connectivity index is 5.40. The van der Waals surface area contributed by atoms with Gasteiger partial charge in [-0.25, -0.2) is 9.13 Å². The molecule has 0 bridgehead atoms. The summed E-state index contributed by atoms with van der Waals surface area (Å²) in [6.45, 7) is 4.46. The minimum absolute atomic E-state index is 0.0630. The number of rotatable bonds is 70. The van der Waals surface area contributed by atoms with Crippen LogP contribution in [0.15, 0.2) is 122 Å². The Labute approximate surface area is 593 Å². The van der Waals surface area contributed by atoms with E-state index >= 15 is 0 Å². The summed E-state index contributed by atoms with van der Waals surface area (Å²) in [6, 6.07) is 0. The predicted octanol–water partition coefficient (Wildman–Crippen LogP) is 21.6. The molecule has 19 heteroatoms. The average Bonchev–Trinajstić information content (AvgIpc) is 0.985. The smallest absolute Gasteiger partial charge is 0.462 e. The molecule has 0 saturated carbocycles. The van der Waals surface area contributed by atoms with E-state index in [2.05, 4.69) is 125 Å². The number of hydrogen-bond acceptors (Lipinski definition) is 15. The number of esters is 4. The largest absolute Gasteiger partial charge is 0.472 e. The van der Waals surface area contributed by atoms with Gasteiger partial charge in [-0.3, -0.25) is 37.3 Å². The Kier molecular flexibility index (Phi) is 67.6. The number of unbranched alkanes of at least 4 members (excludes halogenated alkanes) is 25.